The average molecular weight is 291 g/mol. The number of nitrogens with zero attached hydrogens (tertiary/aromatic N) is 1. The SMILES string of the molecule is CC(C)(C)S(=O)(=O)CCN(CCO)C1CCCCC1. The normalized spacial score (nSPS) is 19.0. The first-order valence-electron chi connectivity index (χ1n) is 7.35. The largest absolute Gasteiger partial charge is 0.395 e. The fraction of sp³-hybridized carbons (Fsp3) is 1.00. The van der Waals surface area contributed by atoms with Gasteiger partial charge >= 0.3 is 0 Å². The minimum atomic E-state index is -3.07. The molecule has 1 N–H and O–H groups in total. The van der Waals surface area contributed by atoms with E-state index in [1.165, 1.54) is 19.3 Å². The van der Waals surface area contributed by atoms with E-state index in [1.807, 2.05) is 0 Å². The molecule has 0 unspecified atom stereocenters. The van der Waals surface area contributed by atoms with E-state index in [-0.39, 0.29) is 12.4 Å². The van der Waals surface area contributed by atoms with Crippen LogP contribution in [0.25, 0.3) is 0 Å². The van der Waals surface area contributed by atoms with Crippen molar-refractivity contribution in [2.75, 3.05) is 25.4 Å². The molecule has 1 aliphatic rings. The topological polar surface area (TPSA) is 57.6 Å². The highest BCUT2D eigenvalue weighted by molar-refractivity contribution is 7.92. The van der Waals surface area contributed by atoms with Gasteiger partial charge in [-0.05, 0) is 33.6 Å². The van der Waals surface area contributed by atoms with Gasteiger partial charge in [0.15, 0.2) is 9.84 Å². The second-order valence-corrected chi connectivity index (χ2v) is 9.35. The Hall–Kier alpha value is -0.130. The standard InChI is InChI=1S/C14H29NO3S/c1-14(2,3)19(17,18)12-10-15(9-11-16)13-7-5-4-6-8-13/h13,16H,4-12H2,1-3H3. The van der Waals surface area contributed by atoms with Crippen LogP contribution in [0.5, 0.6) is 0 Å². The molecule has 0 bridgehead atoms. The second-order valence-electron chi connectivity index (χ2n) is 6.48. The molecule has 19 heavy (non-hydrogen) atoms. The molecule has 1 rings (SSSR count). The van der Waals surface area contributed by atoms with Crippen molar-refractivity contribution in [3.63, 3.8) is 0 Å². The van der Waals surface area contributed by atoms with E-state index in [9.17, 15) is 8.42 Å². The zero-order valence-electron chi connectivity index (χ0n) is 12.6. The first-order valence-corrected chi connectivity index (χ1v) is 9.00. The summed E-state index contributed by atoms with van der Waals surface area (Å²) in [5, 5.41) is 9.17. The summed E-state index contributed by atoms with van der Waals surface area (Å²) in [6.07, 6.45) is 5.99. The summed E-state index contributed by atoms with van der Waals surface area (Å²) in [6, 6.07) is 0.455. The molecule has 0 spiro atoms. The number of sulfone groups is 1. The second kappa shape index (κ2) is 7.04. The van der Waals surface area contributed by atoms with Crippen LogP contribution in [0.1, 0.15) is 52.9 Å². The zero-order valence-corrected chi connectivity index (χ0v) is 13.4. The van der Waals surface area contributed by atoms with Crippen LogP contribution in [-0.4, -0.2) is 54.7 Å². The highest BCUT2D eigenvalue weighted by Crippen LogP contribution is 2.23. The minimum Gasteiger partial charge on any atom is -0.395 e. The minimum absolute atomic E-state index is 0.103. The summed E-state index contributed by atoms with van der Waals surface area (Å²) in [5.41, 5.74) is 0. The molecule has 0 aromatic heterocycles. The van der Waals surface area contributed by atoms with Gasteiger partial charge in [0.2, 0.25) is 0 Å². The molecule has 5 heteroatoms. The summed E-state index contributed by atoms with van der Waals surface area (Å²) < 4.78 is 23.6. The summed E-state index contributed by atoms with van der Waals surface area (Å²) in [7, 11) is -3.07. The smallest absolute Gasteiger partial charge is 0.156 e. The quantitative estimate of drug-likeness (QED) is 0.811. The van der Waals surface area contributed by atoms with Gasteiger partial charge in [-0.1, -0.05) is 19.3 Å². The van der Waals surface area contributed by atoms with Crippen molar-refractivity contribution < 1.29 is 13.5 Å². The highest BCUT2D eigenvalue weighted by atomic mass is 32.2. The Balaban J connectivity index is 2.59. The lowest BCUT2D eigenvalue weighted by molar-refractivity contribution is 0.130. The number of aliphatic hydroxyl groups excluding tert-OH is 1. The summed E-state index contributed by atoms with van der Waals surface area (Å²) in [5.74, 6) is 0.188. The van der Waals surface area contributed by atoms with Crippen LogP contribution >= 0.6 is 0 Å². The van der Waals surface area contributed by atoms with Gasteiger partial charge in [0.1, 0.15) is 0 Å². The molecule has 0 aromatic carbocycles. The van der Waals surface area contributed by atoms with E-state index in [2.05, 4.69) is 4.90 Å². The molecule has 1 aliphatic carbocycles. The third kappa shape index (κ3) is 5.04. The number of hydrogen-bond donors (Lipinski definition) is 1. The molecule has 0 saturated heterocycles. The van der Waals surface area contributed by atoms with E-state index in [0.29, 0.717) is 19.1 Å². The first-order chi connectivity index (χ1) is 8.78. The zero-order chi connectivity index (χ0) is 14.5. The van der Waals surface area contributed by atoms with Crippen LogP contribution in [0.2, 0.25) is 0 Å². The lowest BCUT2D eigenvalue weighted by atomic mass is 9.94. The number of rotatable bonds is 6. The van der Waals surface area contributed by atoms with E-state index < -0.39 is 14.6 Å². The van der Waals surface area contributed by atoms with Crippen molar-refractivity contribution in [3.8, 4) is 0 Å². The fourth-order valence-electron chi connectivity index (χ4n) is 2.60. The monoisotopic (exact) mass is 291 g/mol. The Morgan fingerprint density at radius 3 is 2.16 bits per heavy atom. The Morgan fingerprint density at radius 1 is 1.11 bits per heavy atom. The number of hydrogen-bond acceptors (Lipinski definition) is 4. The van der Waals surface area contributed by atoms with Crippen molar-refractivity contribution in [2.24, 2.45) is 0 Å². The van der Waals surface area contributed by atoms with Gasteiger partial charge in [0, 0.05) is 19.1 Å². The summed E-state index contributed by atoms with van der Waals surface area (Å²) in [6.45, 7) is 6.49. The Bertz CT molecular complexity index is 353. The summed E-state index contributed by atoms with van der Waals surface area (Å²) in [4.78, 5) is 2.17. The highest BCUT2D eigenvalue weighted by Gasteiger charge is 2.30. The summed E-state index contributed by atoms with van der Waals surface area (Å²) >= 11 is 0. The Labute approximate surface area is 118 Å². The van der Waals surface area contributed by atoms with Crippen molar-refractivity contribution in [3.05, 3.63) is 0 Å². The fourth-order valence-corrected chi connectivity index (χ4v) is 3.68. The van der Waals surface area contributed by atoms with Gasteiger partial charge in [0.05, 0.1) is 17.1 Å². The molecule has 0 aromatic rings. The van der Waals surface area contributed by atoms with Crippen LogP contribution in [-0.2, 0) is 9.84 Å². The van der Waals surface area contributed by atoms with Gasteiger partial charge in [-0.3, -0.25) is 4.90 Å². The maximum atomic E-state index is 12.2. The third-order valence-electron chi connectivity index (χ3n) is 4.06. The van der Waals surface area contributed by atoms with Gasteiger partial charge in [-0.25, -0.2) is 8.42 Å². The van der Waals surface area contributed by atoms with E-state index in [4.69, 9.17) is 5.11 Å². The molecule has 0 amide bonds. The Morgan fingerprint density at radius 2 is 1.68 bits per heavy atom. The van der Waals surface area contributed by atoms with Gasteiger partial charge in [0.25, 0.3) is 0 Å². The predicted octanol–water partition coefficient (Wildman–Crippen LogP) is 1.83. The van der Waals surface area contributed by atoms with E-state index in [0.717, 1.165) is 12.8 Å². The number of aliphatic hydroxyl groups is 1. The molecular weight excluding hydrogens is 262 g/mol. The predicted molar refractivity (Wildman–Crippen MR) is 79.1 cm³/mol. The molecule has 114 valence electrons. The molecule has 0 aliphatic heterocycles. The molecule has 0 atom stereocenters. The molecule has 0 heterocycles. The van der Waals surface area contributed by atoms with Gasteiger partial charge in [-0.15, -0.1) is 0 Å². The molecule has 1 saturated carbocycles. The van der Waals surface area contributed by atoms with E-state index >= 15 is 0 Å². The van der Waals surface area contributed by atoms with Crippen molar-refractivity contribution >= 4 is 9.84 Å². The van der Waals surface area contributed by atoms with Crippen molar-refractivity contribution in [1.29, 1.82) is 0 Å². The van der Waals surface area contributed by atoms with Gasteiger partial charge < -0.3 is 5.11 Å². The molecule has 1 fully saturated rings. The van der Waals surface area contributed by atoms with Crippen LogP contribution in [0.15, 0.2) is 0 Å². The van der Waals surface area contributed by atoms with Crippen LogP contribution < -0.4 is 0 Å². The van der Waals surface area contributed by atoms with Crippen LogP contribution in [0.4, 0.5) is 0 Å². The van der Waals surface area contributed by atoms with Gasteiger partial charge in [-0.2, -0.15) is 0 Å². The van der Waals surface area contributed by atoms with E-state index in [1.54, 1.807) is 20.8 Å². The van der Waals surface area contributed by atoms with Crippen molar-refractivity contribution in [2.45, 2.75) is 63.7 Å². The lowest BCUT2D eigenvalue weighted by Gasteiger charge is -2.34. The maximum Gasteiger partial charge on any atom is 0.156 e. The maximum absolute atomic E-state index is 12.2. The average Bonchev–Trinajstić information content (AvgIpc) is 2.34. The lowest BCUT2D eigenvalue weighted by Crippen LogP contribution is -2.43. The first kappa shape index (κ1) is 16.9. The molecule has 0 radical (unpaired) electrons. The van der Waals surface area contributed by atoms with Crippen LogP contribution in [0.3, 0.4) is 0 Å². The third-order valence-corrected chi connectivity index (χ3v) is 6.64. The Kier molecular flexibility index (Phi) is 6.27. The van der Waals surface area contributed by atoms with Crippen LogP contribution in [0, 0.1) is 0 Å². The molecular formula is C14H29NO3S. The van der Waals surface area contributed by atoms with Crippen molar-refractivity contribution in [1.82, 2.24) is 4.90 Å². The molecule has 4 nitrogen and oxygen atoms in total.